The summed E-state index contributed by atoms with van der Waals surface area (Å²) in [6.07, 6.45) is 1.26. The molecule has 1 aromatic carbocycles. The van der Waals surface area contributed by atoms with Crippen LogP contribution in [0.25, 0.3) is 0 Å². The van der Waals surface area contributed by atoms with Crippen LogP contribution in [0.5, 0.6) is 0 Å². The van der Waals surface area contributed by atoms with E-state index in [0.29, 0.717) is 35.1 Å². The van der Waals surface area contributed by atoms with Crippen LogP contribution in [-0.4, -0.2) is 65.9 Å². The van der Waals surface area contributed by atoms with Crippen molar-refractivity contribution in [3.05, 3.63) is 28.2 Å². The highest BCUT2D eigenvalue weighted by atomic mass is 35.5. The van der Waals surface area contributed by atoms with E-state index in [-0.39, 0.29) is 30.1 Å². The van der Waals surface area contributed by atoms with Gasteiger partial charge < -0.3 is 20.6 Å². The monoisotopic (exact) mass is 503 g/mol. The molecule has 0 saturated carbocycles. The van der Waals surface area contributed by atoms with Gasteiger partial charge in [-0.05, 0) is 50.9 Å². The van der Waals surface area contributed by atoms with E-state index in [1.165, 1.54) is 0 Å². The summed E-state index contributed by atoms with van der Waals surface area (Å²) < 4.78 is 0. The molecule has 10 nitrogen and oxygen atoms in total. The van der Waals surface area contributed by atoms with Crippen LogP contribution in [0, 0.1) is 5.92 Å². The van der Waals surface area contributed by atoms with Crippen molar-refractivity contribution in [2.75, 3.05) is 19.0 Å². The van der Waals surface area contributed by atoms with Crippen LogP contribution in [0.15, 0.2) is 18.2 Å². The Hall–Kier alpha value is -2.56. The molecule has 1 aliphatic heterocycles. The van der Waals surface area contributed by atoms with Gasteiger partial charge in [-0.2, -0.15) is 0 Å². The van der Waals surface area contributed by atoms with Crippen molar-refractivity contribution < 1.29 is 24.3 Å². The Kier molecular flexibility index (Phi) is 12.0. The van der Waals surface area contributed by atoms with Crippen LogP contribution in [0.2, 0.25) is 10.0 Å². The van der Waals surface area contributed by atoms with E-state index in [1.807, 2.05) is 13.8 Å². The van der Waals surface area contributed by atoms with Gasteiger partial charge in [0, 0.05) is 6.54 Å². The van der Waals surface area contributed by atoms with Crippen molar-refractivity contribution >= 4 is 53.1 Å². The van der Waals surface area contributed by atoms with E-state index in [9.17, 15) is 14.4 Å². The standard InChI is InChI=1S/C20H29Cl2N5O3.CH2O2/c1-11(2)17(24-18(28)12(3)23-4)20(30)27-9-5-6-16(27)19(29)26-25-13-7-8-14(21)15(22)10-13;2-1-3/h7-8,10-12,16-17,23,25H,5-6,9H2,1-4H3,(H,24,28)(H,26,29);1H,(H,2,3)/t12-,16-,17-;/m0./s1. The Labute approximate surface area is 203 Å². The second-order valence-electron chi connectivity index (χ2n) is 7.78. The third-order valence-corrected chi connectivity index (χ3v) is 5.88. The maximum absolute atomic E-state index is 13.2. The van der Waals surface area contributed by atoms with Gasteiger partial charge in [0.05, 0.1) is 21.8 Å². The number of benzene rings is 1. The molecule has 0 spiro atoms. The molecule has 0 aliphatic carbocycles. The molecule has 1 saturated heterocycles. The molecule has 0 radical (unpaired) electrons. The van der Waals surface area contributed by atoms with Crippen LogP contribution in [-0.2, 0) is 19.2 Å². The number of halogens is 2. The first kappa shape index (κ1) is 28.5. The Balaban J connectivity index is 0.00000172. The van der Waals surface area contributed by atoms with Gasteiger partial charge in [-0.25, -0.2) is 0 Å². The minimum Gasteiger partial charge on any atom is -0.483 e. The van der Waals surface area contributed by atoms with Crippen molar-refractivity contribution in [3.8, 4) is 0 Å². The van der Waals surface area contributed by atoms with Gasteiger partial charge in [-0.15, -0.1) is 0 Å². The van der Waals surface area contributed by atoms with Crippen LogP contribution in [0.4, 0.5) is 5.69 Å². The molecular formula is C21H31Cl2N5O5. The Morgan fingerprint density at radius 1 is 1.18 bits per heavy atom. The van der Waals surface area contributed by atoms with Crippen molar-refractivity contribution in [2.24, 2.45) is 5.92 Å². The number of anilines is 1. The van der Waals surface area contributed by atoms with Gasteiger partial charge in [-0.1, -0.05) is 37.0 Å². The van der Waals surface area contributed by atoms with E-state index < -0.39 is 18.1 Å². The molecule has 3 amide bonds. The third-order valence-electron chi connectivity index (χ3n) is 5.14. The maximum Gasteiger partial charge on any atom is 0.290 e. The minimum absolute atomic E-state index is 0.121. The number of carbonyl (C=O) groups is 4. The van der Waals surface area contributed by atoms with Crippen molar-refractivity contribution in [1.29, 1.82) is 0 Å². The summed E-state index contributed by atoms with van der Waals surface area (Å²) in [5, 5.41) is 13.3. The number of likely N-dealkylation sites (N-methyl/N-ethyl adjacent to an activating group) is 1. The molecule has 0 bridgehead atoms. The lowest BCUT2D eigenvalue weighted by molar-refractivity contribution is -0.142. The molecule has 184 valence electrons. The topological polar surface area (TPSA) is 140 Å². The number of hydrogen-bond donors (Lipinski definition) is 5. The van der Waals surface area contributed by atoms with Gasteiger partial charge in [0.2, 0.25) is 11.8 Å². The van der Waals surface area contributed by atoms with Gasteiger partial charge in [0.15, 0.2) is 0 Å². The molecule has 5 N–H and O–H groups in total. The van der Waals surface area contributed by atoms with Crippen molar-refractivity contribution in [1.82, 2.24) is 21.0 Å². The number of rotatable bonds is 8. The van der Waals surface area contributed by atoms with E-state index in [2.05, 4.69) is 21.5 Å². The molecule has 2 rings (SSSR count). The van der Waals surface area contributed by atoms with Gasteiger partial charge >= 0.3 is 0 Å². The highest BCUT2D eigenvalue weighted by Gasteiger charge is 2.38. The fraction of sp³-hybridized carbons (Fsp3) is 0.524. The number of nitrogens with one attached hydrogen (secondary N) is 4. The predicted octanol–water partition coefficient (Wildman–Crippen LogP) is 1.88. The van der Waals surface area contributed by atoms with Crippen LogP contribution in [0.1, 0.15) is 33.6 Å². The SMILES string of the molecule is CN[C@@H](C)C(=O)N[C@H](C(=O)N1CCC[C@H]1C(=O)NNc1ccc(Cl)c(Cl)c1)C(C)C.O=CO. The molecule has 12 heteroatoms. The van der Waals surface area contributed by atoms with Gasteiger partial charge in [-0.3, -0.25) is 30.0 Å². The zero-order chi connectivity index (χ0) is 25.1. The number of likely N-dealkylation sites (tertiary alicyclic amines) is 1. The fourth-order valence-electron chi connectivity index (χ4n) is 3.20. The van der Waals surface area contributed by atoms with E-state index in [0.717, 1.165) is 0 Å². The first-order chi connectivity index (χ1) is 15.6. The number of nitrogens with zero attached hydrogens (tertiary/aromatic N) is 1. The highest BCUT2D eigenvalue weighted by molar-refractivity contribution is 6.42. The van der Waals surface area contributed by atoms with Crippen molar-refractivity contribution in [2.45, 2.75) is 51.7 Å². The third kappa shape index (κ3) is 8.38. The maximum atomic E-state index is 13.2. The molecule has 1 fully saturated rings. The van der Waals surface area contributed by atoms with Gasteiger partial charge in [0.1, 0.15) is 12.1 Å². The highest BCUT2D eigenvalue weighted by Crippen LogP contribution is 2.25. The number of amides is 3. The molecule has 0 unspecified atom stereocenters. The minimum atomic E-state index is -0.704. The average Bonchev–Trinajstić information content (AvgIpc) is 3.27. The van der Waals surface area contributed by atoms with Crippen LogP contribution >= 0.6 is 23.2 Å². The summed E-state index contributed by atoms with van der Waals surface area (Å²) in [7, 11) is 1.68. The lowest BCUT2D eigenvalue weighted by atomic mass is 10.0. The molecule has 1 heterocycles. The smallest absolute Gasteiger partial charge is 0.290 e. The summed E-state index contributed by atoms with van der Waals surface area (Å²) in [6.45, 7) is 5.66. The second-order valence-corrected chi connectivity index (χ2v) is 8.59. The normalized spacial score (nSPS) is 16.8. The predicted molar refractivity (Wildman–Crippen MR) is 127 cm³/mol. The number of carbonyl (C=O) groups excluding carboxylic acids is 3. The largest absolute Gasteiger partial charge is 0.483 e. The zero-order valence-electron chi connectivity index (χ0n) is 19.0. The summed E-state index contributed by atoms with van der Waals surface area (Å²) in [5.41, 5.74) is 6.00. The number of carboxylic acid groups (broad SMARTS) is 1. The second kappa shape index (κ2) is 13.9. The van der Waals surface area contributed by atoms with Crippen molar-refractivity contribution in [3.63, 3.8) is 0 Å². The summed E-state index contributed by atoms with van der Waals surface area (Å²) in [6, 6.07) is 3.14. The molecule has 1 aromatic rings. The lowest BCUT2D eigenvalue weighted by Crippen LogP contribution is -2.57. The quantitative estimate of drug-likeness (QED) is 0.269. The molecule has 1 aliphatic rings. The van der Waals surface area contributed by atoms with Crippen LogP contribution < -0.4 is 21.5 Å². The molecule has 33 heavy (non-hydrogen) atoms. The zero-order valence-corrected chi connectivity index (χ0v) is 20.5. The Morgan fingerprint density at radius 3 is 2.36 bits per heavy atom. The number of hydrazine groups is 1. The first-order valence-electron chi connectivity index (χ1n) is 10.4. The Bertz CT molecular complexity index is 839. The summed E-state index contributed by atoms with van der Waals surface area (Å²) >= 11 is 11.9. The lowest BCUT2D eigenvalue weighted by Gasteiger charge is -2.31. The molecular weight excluding hydrogens is 473 g/mol. The molecule has 3 atom stereocenters. The average molecular weight is 504 g/mol. The summed E-state index contributed by atoms with van der Waals surface area (Å²) in [5.74, 6) is -0.964. The first-order valence-corrected chi connectivity index (χ1v) is 11.2. The Morgan fingerprint density at radius 2 is 1.82 bits per heavy atom. The molecule has 0 aromatic heterocycles. The van der Waals surface area contributed by atoms with Crippen LogP contribution in [0.3, 0.4) is 0 Å². The van der Waals surface area contributed by atoms with Gasteiger partial charge in [0.25, 0.3) is 12.4 Å². The van der Waals surface area contributed by atoms with E-state index in [1.54, 1.807) is 37.1 Å². The number of hydrogen-bond acceptors (Lipinski definition) is 6. The van der Waals surface area contributed by atoms with E-state index >= 15 is 0 Å². The fourth-order valence-corrected chi connectivity index (χ4v) is 3.49. The van der Waals surface area contributed by atoms with E-state index in [4.69, 9.17) is 33.1 Å². The summed E-state index contributed by atoms with van der Waals surface area (Å²) in [4.78, 5) is 48.1.